The lowest BCUT2D eigenvalue weighted by atomic mass is 10.2. The van der Waals surface area contributed by atoms with Gasteiger partial charge in [-0.2, -0.15) is 5.10 Å². The van der Waals surface area contributed by atoms with E-state index in [1.165, 1.54) is 0 Å². The summed E-state index contributed by atoms with van der Waals surface area (Å²) in [6.45, 7) is 0. The first-order valence-corrected chi connectivity index (χ1v) is 7.13. The number of alkyl halides is 1. The lowest BCUT2D eigenvalue weighted by Gasteiger charge is -2.05. The van der Waals surface area contributed by atoms with Gasteiger partial charge in [-0.1, -0.05) is 28.1 Å². The van der Waals surface area contributed by atoms with Gasteiger partial charge in [-0.25, -0.2) is 4.52 Å². The number of carbonyl (C=O) groups excluding carboxylic acids is 1. The molecule has 6 heteroatoms. The number of nitrogens with zero attached hydrogens (tertiary/aromatic N) is 3. The molecule has 0 fully saturated rings. The molecule has 0 saturated heterocycles. The summed E-state index contributed by atoms with van der Waals surface area (Å²) in [5, 5.41) is 7.74. The average Bonchev–Trinajstić information content (AvgIpc) is 2.91. The molecule has 0 unspecified atom stereocenters. The minimum absolute atomic E-state index is 0.195. The molecule has 0 bridgehead atoms. The lowest BCUT2D eigenvalue weighted by Crippen LogP contribution is -2.11. The van der Waals surface area contributed by atoms with Gasteiger partial charge in [0.05, 0.1) is 23.5 Å². The quantitative estimate of drug-likeness (QED) is 0.751. The summed E-state index contributed by atoms with van der Waals surface area (Å²) < 4.78 is 1.62. The van der Waals surface area contributed by atoms with Crippen LogP contribution in [0.4, 0.5) is 5.69 Å². The molecule has 1 N–H and O–H groups in total. The molecule has 0 spiro atoms. The van der Waals surface area contributed by atoms with Crippen molar-refractivity contribution in [2.24, 2.45) is 0 Å². The Bertz CT molecular complexity index is 768. The number of halogens is 1. The number of anilines is 1. The van der Waals surface area contributed by atoms with Gasteiger partial charge in [0, 0.05) is 23.4 Å². The molecule has 1 aromatic carbocycles. The molecule has 5 nitrogen and oxygen atoms in total. The predicted octanol–water partition coefficient (Wildman–Crippen LogP) is 2.88. The minimum atomic E-state index is -0.195. The third-order valence-electron chi connectivity index (χ3n) is 2.91. The van der Waals surface area contributed by atoms with E-state index in [-0.39, 0.29) is 5.91 Å². The van der Waals surface area contributed by atoms with Crippen LogP contribution in [0.1, 0.15) is 15.9 Å². The molecule has 2 aromatic heterocycles. The van der Waals surface area contributed by atoms with E-state index in [9.17, 15) is 4.79 Å². The molecule has 3 rings (SSSR count). The van der Waals surface area contributed by atoms with E-state index in [0.717, 1.165) is 16.6 Å². The van der Waals surface area contributed by atoms with Crippen molar-refractivity contribution in [3.63, 3.8) is 0 Å². The number of nitrogens with one attached hydrogen (secondary N) is 1. The summed E-state index contributed by atoms with van der Waals surface area (Å²) in [6.07, 6.45) is 6.50. The normalized spacial score (nSPS) is 10.7. The Morgan fingerprint density at radius 3 is 3.10 bits per heavy atom. The van der Waals surface area contributed by atoms with Crippen LogP contribution < -0.4 is 5.32 Å². The van der Waals surface area contributed by atoms with Crippen molar-refractivity contribution in [2.45, 2.75) is 5.33 Å². The third kappa shape index (κ3) is 2.42. The molecule has 0 aliphatic carbocycles. The molecule has 3 aromatic rings. The Kier molecular flexibility index (Phi) is 3.47. The number of benzene rings is 1. The highest BCUT2D eigenvalue weighted by Gasteiger charge is 2.12. The van der Waals surface area contributed by atoms with E-state index in [1.54, 1.807) is 29.3 Å². The Balaban J connectivity index is 1.89. The van der Waals surface area contributed by atoms with Crippen LogP contribution in [-0.4, -0.2) is 20.5 Å². The molecular weight excluding hydrogens is 320 g/mol. The monoisotopic (exact) mass is 330 g/mol. The Hall–Kier alpha value is -2.21. The highest BCUT2D eigenvalue weighted by atomic mass is 79.9. The van der Waals surface area contributed by atoms with Gasteiger partial charge in [-0.3, -0.25) is 9.78 Å². The van der Waals surface area contributed by atoms with Crippen LogP contribution in [0.15, 0.2) is 49.1 Å². The maximum atomic E-state index is 12.3. The van der Waals surface area contributed by atoms with Crippen LogP contribution in [0, 0.1) is 0 Å². The molecule has 0 atom stereocenters. The zero-order valence-corrected chi connectivity index (χ0v) is 12.0. The number of hydrogen-bond acceptors (Lipinski definition) is 3. The fourth-order valence-corrected chi connectivity index (χ4v) is 2.29. The maximum absolute atomic E-state index is 12.3. The number of fused-ring (bicyclic) bond motifs is 1. The van der Waals surface area contributed by atoms with Gasteiger partial charge in [0.15, 0.2) is 0 Å². The Morgan fingerprint density at radius 2 is 2.25 bits per heavy atom. The first-order valence-electron chi connectivity index (χ1n) is 6.01. The third-order valence-corrected chi connectivity index (χ3v) is 3.56. The van der Waals surface area contributed by atoms with Crippen LogP contribution in [0.3, 0.4) is 0 Å². The van der Waals surface area contributed by atoms with Gasteiger partial charge >= 0.3 is 0 Å². The maximum Gasteiger partial charge on any atom is 0.259 e. The van der Waals surface area contributed by atoms with Crippen molar-refractivity contribution in [1.82, 2.24) is 14.6 Å². The van der Waals surface area contributed by atoms with Crippen LogP contribution >= 0.6 is 15.9 Å². The zero-order chi connectivity index (χ0) is 13.9. The van der Waals surface area contributed by atoms with Gasteiger partial charge in [0.2, 0.25) is 0 Å². The molecule has 2 heterocycles. The fourth-order valence-electron chi connectivity index (χ4n) is 1.94. The Morgan fingerprint density at radius 1 is 1.35 bits per heavy atom. The van der Waals surface area contributed by atoms with Crippen LogP contribution in [0.25, 0.3) is 5.52 Å². The fraction of sp³-hybridized carbons (Fsp3) is 0.0714. The Labute approximate surface area is 123 Å². The number of carbonyl (C=O) groups is 1. The highest BCUT2D eigenvalue weighted by Crippen LogP contribution is 2.16. The first kappa shape index (κ1) is 12.8. The number of hydrogen-bond donors (Lipinski definition) is 1. The summed E-state index contributed by atoms with van der Waals surface area (Å²) >= 11 is 3.39. The largest absolute Gasteiger partial charge is 0.322 e. The van der Waals surface area contributed by atoms with Crippen LogP contribution in [0.5, 0.6) is 0 Å². The van der Waals surface area contributed by atoms with E-state index < -0.39 is 0 Å². The second-order valence-electron chi connectivity index (χ2n) is 4.25. The topological polar surface area (TPSA) is 59.3 Å². The molecule has 0 radical (unpaired) electrons. The number of rotatable bonds is 3. The van der Waals surface area contributed by atoms with E-state index in [4.69, 9.17) is 0 Å². The SMILES string of the molecule is O=C(Nc1cccc(CBr)c1)c1cnn2ccncc12. The standard InChI is InChI=1S/C14H11BrN4O/c15-7-10-2-1-3-11(6-10)18-14(20)12-8-17-19-5-4-16-9-13(12)19/h1-6,8-9H,7H2,(H,18,20). The molecule has 0 aliphatic rings. The zero-order valence-electron chi connectivity index (χ0n) is 10.5. The van der Waals surface area contributed by atoms with Gasteiger partial charge in [0.1, 0.15) is 0 Å². The summed E-state index contributed by atoms with van der Waals surface area (Å²) in [4.78, 5) is 16.3. The first-order chi connectivity index (χ1) is 9.78. The second-order valence-corrected chi connectivity index (χ2v) is 4.81. The van der Waals surface area contributed by atoms with E-state index in [0.29, 0.717) is 11.1 Å². The molecule has 20 heavy (non-hydrogen) atoms. The van der Waals surface area contributed by atoms with Gasteiger partial charge in [-0.15, -0.1) is 0 Å². The molecular formula is C14H11BrN4O. The van der Waals surface area contributed by atoms with Crippen LogP contribution in [0.2, 0.25) is 0 Å². The van der Waals surface area contributed by atoms with Crippen molar-refractivity contribution >= 4 is 33.0 Å². The molecule has 0 saturated carbocycles. The smallest absolute Gasteiger partial charge is 0.259 e. The van der Waals surface area contributed by atoms with Gasteiger partial charge < -0.3 is 5.32 Å². The average molecular weight is 331 g/mol. The number of amides is 1. The summed E-state index contributed by atoms with van der Waals surface area (Å²) in [5.74, 6) is -0.195. The second kappa shape index (κ2) is 5.42. The summed E-state index contributed by atoms with van der Waals surface area (Å²) in [7, 11) is 0. The van der Waals surface area contributed by atoms with Crippen molar-refractivity contribution in [1.29, 1.82) is 0 Å². The van der Waals surface area contributed by atoms with E-state index in [2.05, 4.69) is 31.3 Å². The van der Waals surface area contributed by atoms with E-state index >= 15 is 0 Å². The van der Waals surface area contributed by atoms with Gasteiger partial charge in [0.25, 0.3) is 5.91 Å². The minimum Gasteiger partial charge on any atom is -0.322 e. The molecule has 1 amide bonds. The predicted molar refractivity (Wildman–Crippen MR) is 80.0 cm³/mol. The van der Waals surface area contributed by atoms with Gasteiger partial charge in [-0.05, 0) is 17.7 Å². The van der Waals surface area contributed by atoms with Crippen molar-refractivity contribution < 1.29 is 4.79 Å². The lowest BCUT2D eigenvalue weighted by molar-refractivity contribution is 0.102. The van der Waals surface area contributed by atoms with Crippen molar-refractivity contribution in [3.8, 4) is 0 Å². The van der Waals surface area contributed by atoms with Crippen LogP contribution in [-0.2, 0) is 5.33 Å². The van der Waals surface area contributed by atoms with E-state index in [1.807, 2.05) is 24.3 Å². The summed E-state index contributed by atoms with van der Waals surface area (Å²) in [5.41, 5.74) is 3.04. The van der Waals surface area contributed by atoms with Crippen molar-refractivity contribution in [2.75, 3.05) is 5.32 Å². The highest BCUT2D eigenvalue weighted by molar-refractivity contribution is 9.08. The summed E-state index contributed by atoms with van der Waals surface area (Å²) in [6, 6.07) is 7.68. The number of aromatic nitrogens is 3. The molecule has 0 aliphatic heterocycles. The van der Waals surface area contributed by atoms with Crippen molar-refractivity contribution in [3.05, 3.63) is 60.2 Å². The molecule has 100 valence electrons.